The number of anilines is 1. The number of ether oxygens (including phenoxy) is 1. The van der Waals surface area contributed by atoms with Crippen molar-refractivity contribution in [1.82, 2.24) is 9.99 Å². The average Bonchev–Trinajstić information content (AvgIpc) is 3.20. The number of carbonyl (C=O) groups is 1. The summed E-state index contributed by atoms with van der Waals surface area (Å²) in [5, 5.41) is 5.13. The van der Waals surface area contributed by atoms with Crippen molar-refractivity contribution in [2.75, 3.05) is 18.0 Å². The topological polar surface area (TPSA) is 93.0 Å². The van der Waals surface area contributed by atoms with Gasteiger partial charge in [-0.3, -0.25) is 9.10 Å². The van der Waals surface area contributed by atoms with Crippen LogP contribution in [-0.4, -0.2) is 38.8 Å². The lowest BCUT2D eigenvalue weighted by molar-refractivity contribution is -0.119. The summed E-state index contributed by atoms with van der Waals surface area (Å²) in [5.74, 6) is -0.0553. The molecule has 0 saturated carbocycles. The van der Waals surface area contributed by atoms with Crippen LogP contribution in [-0.2, 0) is 14.8 Å². The normalized spacial score (nSPS) is 11.6. The molecular weight excluding hydrogens is 571 g/mol. The first-order valence-corrected chi connectivity index (χ1v) is 14.4. The number of nitrogens with one attached hydrogen (secondary N) is 1. The SMILES string of the molecule is COc1ccc(N(CC(=O)N/N=C\c2cc(C)n(-c3ccc(Cl)cc3Cl)c2C)S(=O)(=O)c2ccc(C)cc2)cc1. The van der Waals surface area contributed by atoms with Crippen LogP contribution >= 0.6 is 23.2 Å². The molecule has 4 rings (SSSR count). The van der Waals surface area contributed by atoms with Crippen LogP contribution in [0.3, 0.4) is 0 Å². The van der Waals surface area contributed by atoms with Crippen molar-refractivity contribution in [2.45, 2.75) is 25.7 Å². The minimum atomic E-state index is -4.05. The van der Waals surface area contributed by atoms with Gasteiger partial charge in [-0.25, -0.2) is 13.8 Å². The number of hydrazone groups is 1. The highest BCUT2D eigenvalue weighted by atomic mass is 35.5. The standard InChI is InChI=1S/C29H28Cl2N4O4S/c1-19-5-12-26(13-6-19)40(37,38)34(24-8-10-25(39-4)11-9-24)18-29(36)33-32-17-22-15-20(2)35(21(22)3)28-14-7-23(30)16-27(28)31/h5-17H,18H2,1-4H3,(H,33,36)/b32-17-. The molecule has 11 heteroatoms. The molecule has 1 N–H and O–H groups in total. The molecular formula is C29H28Cl2N4O4S. The van der Waals surface area contributed by atoms with Crippen LogP contribution in [0.4, 0.5) is 5.69 Å². The fourth-order valence-corrected chi connectivity index (χ4v) is 6.11. The van der Waals surface area contributed by atoms with Gasteiger partial charge in [-0.2, -0.15) is 5.10 Å². The van der Waals surface area contributed by atoms with E-state index in [1.54, 1.807) is 48.5 Å². The second-order valence-corrected chi connectivity index (χ2v) is 11.8. The summed E-state index contributed by atoms with van der Waals surface area (Å²) in [5.41, 5.74) is 6.95. The molecule has 1 aromatic heterocycles. The Morgan fingerprint density at radius 3 is 2.30 bits per heavy atom. The monoisotopic (exact) mass is 598 g/mol. The molecule has 40 heavy (non-hydrogen) atoms. The van der Waals surface area contributed by atoms with Gasteiger partial charge in [0, 0.05) is 22.0 Å². The molecule has 0 aliphatic rings. The number of sulfonamides is 1. The van der Waals surface area contributed by atoms with Gasteiger partial charge in [0.15, 0.2) is 0 Å². The third-order valence-electron chi connectivity index (χ3n) is 6.27. The van der Waals surface area contributed by atoms with Gasteiger partial charge in [0.2, 0.25) is 0 Å². The van der Waals surface area contributed by atoms with E-state index >= 15 is 0 Å². The van der Waals surface area contributed by atoms with E-state index in [2.05, 4.69) is 10.5 Å². The van der Waals surface area contributed by atoms with Gasteiger partial charge in [0.05, 0.1) is 34.6 Å². The van der Waals surface area contributed by atoms with Crippen LogP contribution in [0.2, 0.25) is 10.0 Å². The highest BCUT2D eigenvalue weighted by molar-refractivity contribution is 7.92. The largest absolute Gasteiger partial charge is 0.497 e. The maximum atomic E-state index is 13.6. The Bertz CT molecular complexity index is 1670. The van der Waals surface area contributed by atoms with E-state index in [1.165, 1.54) is 25.5 Å². The van der Waals surface area contributed by atoms with Gasteiger partial charge in [-0.05, 0) is 81.4 Å². The highest BCUT2D eigenvalue weighted by Gasteiger charge is 2.27. The minimum Gasteiger partial charge on any atom is -0.497 e. The number of hydrogen-bond donors (Lipinski definition) is 1. The Hall–Kier alpha value is -3.79. The highest BCUT2D eigenvalue weighted by Crippen LogP contribution is 2.29. The number of aryl methyl sites for hydroxylation is 2. The molecule has 4 aromatic rings. The second kappa shape index (κ2) is 12.2. The molecule has 0 aliphatic carbocycles. The van der Waals surface area contributed by atoms with E-state index in [4.69, 9.17) is 27.9 Å². The lowest BCUT2D eigenvalue weighted by atomic mass is 10.2. The minimum absolute atomic E-state index is 0.0681. The second-order valence-electron chi connectivity index (χ2n) is 9.07. The Balaban J connectivity index is 1.56. The number of aromatic nitrogens is 1. The van der Waals surface area contributed by atoms with Crippen LogP contribution in [0.25, 0.3) is 5.69 Å². The van der Waals surface area contributed by atoms with Gasteiger partial charge in [0.25, 0.3) is 15.9 Å². The molecule has 0 unspecified atom stereocenters. The van der Waals surface area contributed by atoms with Crippen LogP contribution in [0.5, 0.6) is 5.75 Å². The average molecular weight is 600 g/mol. The Labute approximate surface area is 243 Å². The number of methoxy groups -OCH3 is 1. The van der Waals surface area contributed by atoms with Gasteiger partial charge in [-0.15, -0.1) is 0 Å². The molecule has 0 bridgehead atoms. The van der Waals surface area contributed by atoms with Gasteiger partial charge < -0.3 is 9.30 Å². The maximum absolute atomic E-state index is 13.6. The molecule has 0 spiro atoms. The zero-order valence-corrected chi connectivity index (χ0v) is 24.7. The number of halogens is 2. The van der Waals surface area contributed by atoms with Crippen LogP contribution in [0.15, 0.2) is 82.8 Å². The zero-order chi connectivity index (χ0) is 29.0. The third-order valence-corrected chi connectivity index (χ3v) is 8.60. The fraction of sp³-hybridized carbons (Fsp3) is 0.172. The lowest BCUT2D eigenvalue weighted by Gasteiger charge is -2.24. The van der Waals surface area contributed by atoms with Crippen molar-refractivity contribution < 1.29 is 17.9 Å². The van der Waals surface area contributed by atoms with Gasteiger partial charge >= 0.3 is 0 Å². The van der Waals surface area contributed by atoms with E-state index in [0.717, 1.165) is 32.5 Å². The van der Waals surface area contributed by atoms with Crippen molar-refractivity contribution in [3.05, 3.63) is 105 Å². The number of rotatable bonds is 9. The molecule has 8 nitrogen and oxygen atoms in total. The van der Waals surface area contributed by atoms with Crippen LogP contribution < -0.4 is 14.5 Å². The van der Waals surface area contributed by atoms with Crippen molar-refractivity contribution >= 4 is 51.0 Å². The summed E-state index contributed by atoms with van der Waals surface area (Å²) in [6.45, 7) is 5.21. The number of nitrogens with zero attached hydrogens (tertiary/aromatic N) is 3. The summed E-state index contributed by atoms with van der Waals surface area (Å²) >= 11 is 12.5. The molecule has 208 valence electrons. The maximum Gasteiger partial charge on any atom is 0.264 e. The Kier molecular flexibility index (Phi) is 8.88. The van der Waals surface area contributed by atoms with Gasteiger partial charge in [-0.1, -0.05) is 40.9 Å². The first-order valence-electron chi connectivity index (χ1n) is 12.2. The number of benzene rings is 3. The summed E-state index contributed by atoms with van der Waals surface area (Å²) in [6, 6.07) is 20.0. The Morgan fingerprint density at radius 2 is 1.68 bits per heavy atom. The predicted octanol–water partition coefficient (Wildman–Crippen LogP) is 6.06. The first-order chi connectivity index (χ1) is 19.0. The van der Waals surface area contributed by atoms with E-state index in [0.29, 0.717) is 21.5 Å². The number of hydrogen-bond acceptors (Lipinski definition) is 5. The molecule has 1 heterocycles. The summed E-state index contributed by atoms with van der Waals surface area (Å²) in [7, 11) is -2.54. The van der Waals surface area contributed by atoms with Crippen molar-refractivity contribution in [2.24, 2.45) is 5.10 Å². The van der Waals surface area contributed by atoms with Crippen molar-refractivity contribution in [3.8, 4) is 11.4 Å². The predicted molar refractivity (Wildman–Crippen MR) is 160 cm³/mol. The summed E-state index contributed by atoms with van der Waals surface area (Å²) < 4.78 is 35.3. The lowest BCUT2D eigenvalue weighted by Crippen LogP contribution is -2.39. The summed E-state index contributed by atoms with van der Waals surface area (Å²) in [4.78, 5) is 13.0. The molecule has 1 amide bonds. The molecule has 0 fully saturated rings. The van der Waals surface area contributed by atoms with Crippen LogP contribution in [0.1, 0.15) is 22.5 Å². The van der Waals surface area contributed by atoms with E-state index in [1.807, 2.05) is 37.5 Å². The van der Waals surface area contributed by atoms with E-state index in [9.17, 15) is 13.2 Å². The smallest absolute Gasteiger partial charge is 0.264 e. The van der Waals surface area contributed by atoms with Crippen molar-refractivity contribution in [1.29, 1.82) is 0 Å². The summed E-state index contributed by atoms with van der Waals surface area (Å²) in [6.07, 6.45) is 1.51. The molecule has 0 saturated heterocycles. The van der Waals surface area contributed by atoms with Crippen LogP contribution in [0, 0.1) is 20.8 Å². The number of carbonyl (C=O) groups excluding carboxylic acids is 1. The molecule has 3 aromatic carbocycles. The molecule has 0 aliphatic heterocycles. The van der Waals surface area contributed by atoms with Gasteiger partial charge in [0.1, 0.15) is 12.3 Å². The Morgan fingerprint density at radius 1 is 1.00 bits per heavy atom. The first kappa shape index (κ1) is 29.2. The fourth-order valence-electron chi connectivity index (χ4n) is 4.19. The third kappa shape index (κ3) is 6.33. The van der Waals surface area contributed by atoms with Crippen molar-refractivity contribution in [3.63, 3.8) is 0 Å². The number of amides is 1. The van der Waals surface area contributed by atoms with E-state index in [-0.39, 0.29) is 4.90 Å². The quantitative estimate of drug-likeness (QED) is 0.187. The zero-order valence-electron chi connectivity index (χ0n) is 22.4. The molecule has 0 radical (unpaired) electrons. The molecule has 0 atom stereocenters. The van der Waals surface area contributed by atoms with E-state index < -0.39 is 22.5 Å².